The van der Waals surface area contributed by atoms with Crippen LogP contribution < -0.4 is 10.6 Å². The smallest absolute Gasteiger partial charge is 0.416 e. The molecular formula is C19H17F3N4O4S. The second-order valence-electron chi connectivity index (χ2n) is 6.36. The molecule has 0 aliphatic rings. The Hall–Kier alpha value is -3.41. The quantitative estimate of drug-likeness (QED) is 0.576. The number of fused-ring (bicyclic) bond motifs is 1. The summed E-state index contributed by atoms with van der Waals surface area (Å²) in [6.45, 7) is 2.99. The summed E-state index contributed by atoms with van der Waals surface area (Å²) in [5.41, 5.74) is -0.117. The molecule has 0 aliphatic carbocycles. The zero-order chi connectivity index (χ0) is 22.8. The molecule has 12 heteroatoms. The van der Waals surface area contributed by atoms with Crippen molar-refractivity contribution in [3.63, 3.8) is 0 Å². The van der Waals surface area contributed by atoms with Gasteiger partial charge in [0.05, 0.1) is 16.9 Å². The van der Waals surface area contributed by atoms with E-state index >= 15 is 0 Å². The molecule has 0 unspecified atom stereocenters. The lowest BCUT2D eigenvalue weighted by Gasteiger charge is -2.09. The molecule has 0 fully saturated rings. The first-order valence-electron chi connectivity index (χ1n) is 9.01. The average molecular weight is 454 g/mol. The predicted octanol–water partition coefficient (Wildman–Crippen LogP) is 3.42. The number of aryl methyl sites for hydroxylation is 1. The maximum absolute atomic E-state index is 13.0. The molecule has 0 radical (unpaired) electrons. The molecule has 3 aromatic rings. The van der Waals surface area contributed by atoms with Crippen LogP contribution in [-0.4, -0.2) is 40.8 Å². The number of ether oxygens (including phenoxy) is 1. The van der Waals surface area contributed by atoms with Crippen molar-refractivity contribution in [2.75, 3.05) is 13.2 Å². The van der Waals surface area contributed by atoms with Crippen molar-refractivity contribution in [1.82, 2.24) is 20.4 Å². The topological polar surface area (TPSA) is 102 Å². The second kappa shape index (κ2) is 8.76. The van der Waals surface area contributed by atoms with Crippen LogP contribution in [0, 0.1) is 6.92 Å². The van der Waals surface area contributed by atoms with Gasteiger partial charge in [-0.05, 0) is 38.1 Å². The Kier molecular flexibility index (Phi) is 6.29. The van der Waals surface area contributed by atoms with Crippen molar-refractivity contribution >= 4 is 39.5 Å². The van der Waals surface area contributed by atoms with Crippen molar-refractivity contribution in [3.8, 4) is 5.69 Å². The minimum Gasteiger partial charge on any atom is -0.451 e. The fourth-order valence-electron chi connectivity index (χ4n) is 2.71. The summed E-state index contributed by atoms with van der Waals surface area (Å²) in [6, 6.07) is 5.47. The lowest BCUT2D eigenvalue weighted by Crippen LogP contribution is -2.41. The molecule has 164 valence electrons. The highest BCUT2D eigenvalue weighted by molar-refractivity contribution is 7.20. The molecule has 0 saturated carbocycles. The SMILES string of the molecule is CCNC(=O)NC(=O)COC(=O)c1cc2c(C)nn(-c3cccc(C(F)(F)F)c3)c2s1. The number of amides is 3. The molecule has 3 amide bonds. The standard InChI is InChI=1S/C19H17F3N4O4S/c1-3-23-18(29)24-15(27)9-30-17(28)14-8-13-10(2)25-26(16(13)31-14)12-6-4-5-11(7-12)19(20,21)22/h4-8H,3,9H2,1-2H3,(H2,23,24,27,29). The van der Waals surface area contributed by atoms with Crippen LogP contribution in [0.2, 0.25) is 0 Å². The first-order chi connectivity index (χ1) is 14.6. The highest BCUT2D eigenvalue weighted by Gasteiger charge is 2.31. The molecule has 0 saturated heterocycles. The lowest BCUT2D eigenvalue weighted by atomic mass is 10.2. The molecule has 2 aromatic heterocycles. The summed E-state index contributed by atoms with van der Waals surface area (Å²) in [5.74, 6) is -1.60. The molecule has 3 rings (SSSR count). The number of benzene rings is 1. The van der Waals surface area contributed by atoms with Crippen molar-refractivity contribution in [3.05, 3.63) is 46.5 Å². The fraction of sp³-hybridized carbons (Fsp3) is 0.263. The van der Waals surface area contributed by atoms with Crippen LogP contribution in [0.5, 0.6) is 0 Å². The molecule has 31 heavy (non-hydrogen) atoms. The maximum atomic E-state index is 13.0. The molecule has 0 spiro atoms. The minimum atomic E-state index is -4.50. The van der Waals surface area contributed by atoms with Gasteiger partial charge in [-0.3, -0.25) is 10.1 Å². The number of nitrogens with one attached hydrogen (secondary N) is 2. The van der Waals surface area contributed by atoms with E-state index in [4.69, 9.17) is 4.74 Å². The Morgan fingerprint density at radius 1 is 1.23 bits per heavy atom. The first kappa shape index (κ1) is 22.3. The molecule has 0 aliphatic heterocycles. The van der Waals surface area contributed by atoms with Gasteiger partial charge in [-0.1, -0.05) is 6.07 Å². The molecule has 8 nitrogen and oxygen atoms in total. The number of urea groups is 1. The summed E-state index contributed by atoms with van der Waals surface area (Å²) in [6.07, 6.45) is -4.50. The van der Waals surface area contributed by atoms with E-state index in [2.05, 4.69) is 10.4 Å². The normalized spacial score (nSPS) is 11.4. The molecular weight excluding hydrogens is 437 g/mol. The number of carbonyl (C=O) groups is 3. The molecule has 0 atom stereocenters. The number of alkyl halides is 3. The van der Waals surface area contributed by atoms with E-state index in [0.29, 0.717) is 22.5 Å². The van der Waals surface area contributed by atoms with Crippen LogP contribution in [0.25, 0.3) is 15.9 Å². The van der Waals surface area contributed by atoms with Crippen molar-refractivity contribution in [2.45, 2.75) is 20.0 Å². The number of imide groups is 1. The van der Waals surface area contributed by atoms with Gasteiger partial charge in [0.25, 0.3) is 5.91 Å². The lowest BCUT2D eigenvalue weighted by molar-refractivity contribution is -0.137. The van der Waals surface area contributed by atoms with Crippen LogP contribution in [0.4, 0.5) is 18.0 Å². The minimum absolute atomic E-state index is 0.141. The zero-order valence-electron chi connectivity index (χ0n) is 16.4. The van der Waals surface area contributed by atoms with E-state index < -0.39 is 36.3 Å². The van der Waals surface area contributed by atoms with Gasteiger partial charge in [-0.25, -0.2) is 14.3 Å². The Morgan fingerprint density at radius 3 is 2.65 bits per heavy atom. The average Bonchev–Trinajstić information content (AvgIpc) is 3.26. The van der Waals surface area contributed by atoms with Gasteiger partial charge >= 0.3 is 18.2 Å². The largest absolute Gasteiger partial charge is 0.451 e. The highest BCUT2D eigenvalue weighted by atomic mass is 32.1. The van der Waals surface area contributed by atoms with Gasteiger partial charge in [0.1, 0.15) is 9.71 Å². The van der Waals surface area contributed by atoms with Crippen LogP contribution >= 0.6 is 11.3 Å². The van der Waals surface area contributed by atoms with Gasteiger partial charge in [-0.2, -0.15) is 18.3 Å². The Labute approximate surface area is 178 Å². The van der Waals surface area contributed by atoms with Gasteiger partial charge in [0, 0.05) is 11.9 Å². The second-order valence-corrected chi connectivity index (χ2v) is 7.39. The summed E-state index contributed by atoms with van der Waals surface area (Å²) in [7, 11) is 0. The third kappa shape index (κ3) is 5.02. The van der Waals surface area contributed by atoms with Gasteiger partial charge in [0.15, 0.2) is 6.61 Å². The number of carbonyl (C=O) groups excluding carboxylic acids is 3. The Bertz CT molecular complexity index is 1150. The third-order valence-electron chi connectivity index (χ3n) is 4.09. The van der Waals surface area contributed by atoms with Crippen LogP contribution in [0.1, 0.15) is 27.9 Å². The van der Waals surface area contributed by atoms with Gasteiger partial charge in [-0.15, -0.1) is 11.3 Å². The first-order valence-corrected chi connectivity index (χ1v) is 9.83. The van der Waals surface area contributed by atoms with Gasteiger partial charge in [0.2, 0.25) is 0 Å². The summed E-state index contributed by atoms with van der Waals surface area (Å²) in [5, 5.41) is 9.20. The van der Waals surface area contributed by atoms with E-state index in [1.165, 1.54) is 22.9 Å². The van der Waals surface area contributed by atoms with Gasteiger partial charge < -0.3 is 10.1 Å². The van der Waals surface area contributed by atoms with Crippen molar-refractivity contribution in [2.24, 2.45) is 0 Å². The predicted molar refractivity (Wildman–Crippen MR) is 106 cm³/mol. The third-order valence-corrected chi connectivity index (χ3v) is 5.18. The number of thiophene rings is 1. The van der Waals surface area contributed by atoms with Crippen molar-refractivity contribution in [1.29, 1.82) is 0 Å². The van der Waals surface area contributed by atoms with Crippen LogP contribution in [0.15, 0.2) is 30.3 Å². The summed E-state index contributed by atoms with van der Waals surface area (Å²) in [4.78, 5) is 35.8. The van der Waals surface area contributed by atoms with Crippen LogP contribution in [0.3, 0.4) is 0 Å². The summed E-state index contributed by atoms with van der Waals surface area (Å²) >= 11 is 0.968. The highest BCUT2D eigenvalue weighted by Crippen LogP contribution is 2.33. The maximum Gasteiger partial charge on any atom is 0.416 e. The molecule has 2 N–H and O–H groups in total. The number of hydrogen-bond donors (Lipinski definition) is 2. The van der Waals surface area contributed by atoms with Crippen LogP contribution in [-0.2, 0) is 15.7 Å². The molecule has 1 aromatic carbocycles. The number of rotatable bonds is 5. The monoisotopic (exact) mass is 454 g/mol. The number of esters is 1. The zero-order valence-corrected chi connectivity index (χ0v) is 17.2. The number of aromatic nitrogens is 2. The van der Waals surface area contributed by atoms with E-state index in [-0.39, 0.29) is 10.6 Å². The van der Waals surface area contributed by atoms with E-state index in [1.807, 2.05) is 5.32 Å². The Balaban J connectivity index is 1.80. The fourth-order valence-corrected chi connectivity index (χ4v) is 3.78. The molecule has 0 bridgehead atoms. The number of nitrogens with zero attached hydrogens (tertiary/aromatic N) is 2. The number of halogens is 3. The van der Waals surface area contributed by atoms with E-state index in [0.717, 1.165) is 23.5 Å². The number of hydrogen-bond acceptors (Lipinski definition) is 6. The van der Waals surface area contributed by atoms with E-state index in [1.54, 1.807) is 13.8 Å². The Morgan fingerprint density at radius 2 is 1.97 bits per heavy atom. The summed E-state index contributed by atoms with van der Waals surface area (Å²) < 4.78 is 45.4. The molecule has 2 heterocycles. The van der Waals surface area contributed by atoms with Crippen molar-refractivity contribution < 1.29 is 32.3 Å². The van der Waals surface area contributed by atoms with E-state index in [9.17, 15) is 27.6 Å².